The number of aromatic nitrogens is 2. The van der Waals surface area contributed by atoms with E-state index in [0.717, 1.165) is 16.9 Å². The van der Waals surface area contributed by atoms with Gasteiger partial charge in [0.1, 0.15) is 10.8 Å². The normalized spacial score (nSPS) is 15.6. The molecule has 7 nitrogen and oxygen atoms in total. The summed E-state index contributed by atoms with van der Waals surface area (Å²) in [6.45, 7) is 0.798. The molecule has 3 aromatic rings. The van der Waals surface area contributed by atoms with Crippen molar-refractivity contribution in [3.05, 3.63) is 76.0 Å². The van der Waals surface area contributed by atoms with Crippen molar-refractivity contribution >= 4 is 33.0 Å². The Balaban J connectivity index is 1.36. The fraction of sp³-hybridized carbons (Fsp3) is 0.286. The molecule has 31 heavy (non-hydrogen) atoms. The Kier molecular flexibility index (Phi) is 6.40. The minimum atomic E-state index is -3.39. The van der Waals surface area contributed by atoms with Gasteiger partial charge in [-0.05, 0) is 30.5 Å². The Labute approximate surface area is 184 Å². The first-order chi connectivity index (χ1) is 14.9. The van der Waals surface area contributed by atoms with Crippen LogP contribution in [-0.4, -0.2) is 41.9 Å². The van der Waals surface area contributed by atoms with E-state index in [1.54, 1.807) is 24.3 Å². The molecule has 1 fully saturated rings. The number of piperidine rings is 1. The number of anilines is 1. The van der Waals surface area contributed by atoms with E-state index < -0.39 is 21.7 Å². The van der Waals surface area contributed by atoms with Crippen LogP contribution < -0.4 is 5.32 Å². The lowest BCUT2D eigenvalue weighted by Gasteiger charge is -2.30. The number of sulfonamides is 1. The summed E-state index contributed by atoms with van der Waals surface area (Å²) in [5.74, 6) is -1.02. The van der Waals surface area contributed by atoms with Crippen LogP contribution in [0.3, 0.4) is 0 Å². The van der Waals surface area contributed by atoms with E-state index in [4.69, 9.17) is 0 Å². The quantitative estimate of drug-likeness (QED) is 0.606. The van der Waals surface area contributed by atoms with Crippen LogP contribution in [0.2, 0.25) is 0 Å². The third kappa shape index (κ3) is 5.15. The van der Waals surface area contributed by atoms with Gasteiger partial charge in [0.15, 0.2) is 0 Å². The van der Waals surface area contributed by atoms with Crippen molar-refractivity contribution in [1.29, 1.82) is 0 Å². The molecule has 1 N–H and O–H groups in total. The molecule has 0 radical (unpaired) electrons. The second-order valence-corrected chi connectivity index (χ2v) is 10.3. The standard InChI is InChI=1S/C21H21FN4O3S2/c22-17-8-4-5-9-18(17)23-19(27)21-25-24-20(30-21)16-10-12-26(13-11-16)31(28,29)14-15-6-2-1-3-7-15/h1-9,16H,10-14H2,(H,23,27). The third-order valence-electron chi connectivity index (χ3n) is 5.15. The molecule has 0 bridgehead atoms. The number of hydrogen-bond donors (Lipinski definition) is 1. The van der Waals surface area contributed by atoms with Crippen molar-refractivity contribution in [3.8, 4) is 0 Å². The number of nitrogens with one attached hydrogen (secondary N) is 1. The number of amides is 1. The summed E-state index contributed by atoms with van der Waals surface area (Å²) >= 11 is 1.16. The molecule has 0 spiro atoms. The molecule has 10 heteroatoms. The van der Waals surface area contributed by atoms with Crippen molar-refractivity contribution in [2.75, 3.05) is 18.4 Å². The Hall–Kier alpha value is -2.69. The van der Waals surface area contributed by atoms with E-state index in [1.165, 1.54) is 16.4 Å². The van der Waals surface area contributed by atoms with E-state index >= 15 is 0 Å². The van der Waals surface area contributed by atoms with Crippen LogP contribution in [0.4, 0.5) is 10.1 Å². The fourth-order valence-corrected chi connectivity index (χ4v) is 5.96. The molecule has 0 saturated carbocycles. The van der Waals surface area contributed by atoms with Crippen LogP contribution >= 0.6 is 11.3 Å². The first-order valence-corrected chi connectivity index (χ1v) is 12.3. The molecule has 2 aromatic carbocycles. The zero-order valence-electron chi connectivity index (χ0n) is 16.6. The molecule has 1 aliphatic rings. The number of para-hydroxylation sites is 1. The van der Waals surface area contributed by atoms with Crippen LogP contribution in [0, 0.1) is 5.82 Å². The van der Waals surface area contributed by atoms with Gasteiger partial charge in [0.25, 0.3) is 5.91 Å². The van der Waals surface area contributed by atoms with Gasteiger partial charge in [-0.15, -0.1) is 10.2 Å². The average Bonchev–Trinajstić information content (AvgIpc) is 3.26. The van der Waals surface area contributed by atoms with Crippen LogP contribution in [0.15, 0.2) is 54.6 Å². The molecule has 1 aromatic heterocycles. The van der Waals surface area contributed by atoms with E-state index in [9.17, 15) is 17.6 Å². The number of carbonyl (C=O) groups excluding carboxylic acids is 1. The van der Waals surface area contributed by atoms with Crippen LogP contribution in [0.25, 0.3) is 0 Å². The van der Waals surface area contributed by atoms with Gasteiger partial charge in [-0.2, -0.15) is 0 Å². The molecule has 0 atom stereocenters. The van der Waals surface area contributed by atoms with Gasteiger partial charge in [0, 0.05) is 19.0 Å². The van der Waals surface area contributed by atoms with Crippen molar-refractivity contribution in [1.82, 2.24) is 14.5 Å². The predicted molar refractivity (Wildman–Crippen MR) is 117 cm³/mol. The highest BCUT2D eigenvalue weighted by Gasteiger charge is 2.30. The smallest absolute Gasteiger partial charge is 0.286 e. The zero-order valence-corrected chi connectivity index (χ0v) is 18.2. The largest absolute Gasteiger partial charge is 0.317 e. The summed E-state index contributed by atoms with van der Waals surface area (Å²) in [7, 11) is -3.39. The average molecular weight is 461 g/mol. The lowest BCUT2D eigenvalue weighted by Crippen LogP contribution is -2.38. The molecule has 4 rings (SSSR count). The van der Waals surface area contributed by atoms with Crippen molar-refractivity contribution in [2.24, 2.45) is 0 Å². The second kappa shape index (κ2) is 9.21. The highest BCUT2D eigenvalue weighted by molar-refractivity contribution is 7.88. The summed E-state index contributed by atoms with van der Waals surface area (Å²) in [6.07, 6.45) is 1.22. The minimum absolute atomic E-state index is 0.0162. The van der Waals surface area contributed by atoms with E-state index in [2.05, 4.69) is 15.5 Å². The number of benzene rings is 2. The predicted octanol–water partition coefficient (Wildman–Crippen LogP) is 3.64. The van der Waals surface area contributed by atoms with E-state index in [-0.39, 0.29) is 22.4 Å². The molecule has 162 valence electrons. The minimum Gasteiger partial charge on any atom is -0.317 e. The molecule has 1 amide bonds. The summed E-state index contributed by atoms with van der Waals surface area (Å²) in [5.41, 5.74) is 0.848. The Morgan fingerprint density at radius 2 is 1.74 bits per heavy atom. The maximum absolute atomic E-state index is 13.7. The van der Waals surface area contributed by atoms with Gasteiger partial charge in [-0.1, -0.05) is 53.8 Å². The number of rotatable bonds is 6. The van der Waals surface area contributed by atoms with Gasteiger partial charge < -0.3 is 5.32 Å². The lowest BCUT2D eigenvalue weighted by atomic mass is 9.99. The molecule has 0 aliphatic carbocycles. The van der Waals surface area contributed by atoms with Crippen LogP contribution in [0.5, 0.6) is 0 Å². The van der Waals surface area contributed by atoms with Gasteiger partial charge in [-0.25, -0.2) is 17.1 Å². The van der Waals surface area contributed by atoms with Gasteiger partial charge in [0.05, 0.1) is 11.4 Å². The van der Waals surface area contributed by atoms with Crippen LogP contribution in [-0.2, 0) is 15.8 Å². The van der Waals surface area contributed by atoms with Crippen LogP contribution in [0.1, 0.15) is 39.1 Å². The van der Waals surface area contributed by atoms with Gasteiger partial charge in [-0.3, -0.25) is 4.79 Å². The number of nitrogens with zero attached hydrogens (tertiary/aromatic N) is 3. The number of hydrogen-bond acceptors (Lipinski definition) is 6. The molecular formula is C21H21FN4O3S2. The monoisotopic (exact) mass is 460 g/mol. The molecule has 2 heterocycles. The SMILES string of the molecule is O=C(Nc1ccccc1F)c1nnc(C2CCN(S(=O)(=O)Cc3ccccc3)CC2)s1. The Bertz CT molecular complexity index is 1160. The molecule has 1 saturated heterocycles. The van der Waals surface area contributed by atoms with E-state index in [0.29, 0.717) is 30.9 Å². The van der Waals surface area contributed by atoms with Crippen molar-refractivity contribution in [2.45, 2.75) is 24.5 Å². The maximum atomic E-state index is 13.7. The number of halogens is 1. The van der Waals surface area contributed by atoms with Crippen molar-refractivity contribution in [3.63, 3.8) is 0 Å². The summed E-state index contributed by atoms with van der Waals surface area (Å²) in [4.78, 5) is 12.4. The fourth-order valence-electron chi connectivity index (χ4n) is 3.49. The number of carbonyl (C=O) groups is 1. The summed E-state index contributed by atoms with van der Waals surface area (Å²) in [6, 6.07) is 15.0. The second-order valence-electron chi connectivity index (χ2n) is 7.29. The maximum Gasteiger partial charge on any atom is 0.286 e. The highest BCUT2D eigenvalue weighted by Crippen LogP contribution is 2.32. The topological polar surface area (TPSA) is 92.3 Å². The highest BCUT2D eigenvalue weighted by atomic mass is 32.2. The first kappa shape index (κ1) is 21.5. The van der Waals surface area contributed by atoms with Crippen molar-refractivity contribution < 1.29 is 17.6 Å². The first-order valence-electron chi connectivity index (χ1n) is 9.83. The molecule has 0 unspecified atom stereocenters. The zero-order chi connectivity index (χ0) is 21.8. The summed E-state index contributed by atoms with van der Waals surface area (Å²) in [5, 5.41) is 11.4. The molecule has 1 aliphatic heterocycles. The molecular weight excluding hydrogens is 439 g/mol. The Morgan fingerprint density at radius 3 is 2.45 bits per heavy atom. The summed E-state index contributed by atoms with van der Waals surface area (Å²) < 4.78 is 40.7. The Morgan fingerprint density at radius 1 is 1.06 bits per heavy atom. The van der Waals surface area contributed by atoms with Gasteiger partial charge in [0.2, 0.25) is 15.0 Å². The lowest BCUT2D eigenvalue weighted by molar-refractivity contribution is 0.102. The third-order valence-corrected chi connectivity index (χ3v) is 8.08. The van der Waals surface area contributed by atoms with E-state index in [1.807, 2.05) is 18.2 Å². The van der Waals surface area contributed by atoms with Gasteiger partial charge >= 0.3 is 0 Å².